The second kappa shape index (κ2) is 7.14. The maximum absolute atomic E-state index is 11.1. The average Bonchev–Trinajstić information content (AvgIpc) is 2.86. The minimum absolute atomic E-state index is 0.0368. The first kappa shape index (κ1) is 16.1. The van der Waals surface area contributed by atoms with Crippen LogP contribution in [0.5, 0.6) is 0 Å². The Hall–Kier alpha value is -1.26. The molecule has 0 aromatic heterocycles. The Morgan fingerprint density at radius 3 is 2.90 bits per heavy atom. The summed E-state index contributed by atoms with van der Waals surface area (Å²) >= 11 is 6.42. The highest BCUT2D eigenvalue weighted by molar-refractivity contribution is 6.31. The molecule has 1 aromatic carbocycles. The third kappa shape index (κ3) is 4.11. The maximum Gasteiger partial charge on any atom is 0.217 e. The molecule has 2 atom stereocenters. The summed E-state index contributed by atoms with van der Waals surface area (Å²) in [6.45, 7) is 8.49. The van der Waals surface area contributed by atoms with Gasteiger partial charge in [-0.3, -0.25) is 4.79 Å². The molecular weight excluding hydrogens is 286 g/mol. The molecule has 21 heavy (non-hydrogen) atoms. The summed E-state index contributed by atoms with van der Waals surface area (Å²) in [5.41, 5.74) is 2.25. The molecule has 0 spiro atoms. The first-order valence-corrected chi connectivity index (χ1v) is 7.94. The third-order valence-corrected chi connectivity index (χ3v) is 4.25. The van der Waals surface area contributed by atoms with Crippen LogP contribution in [0.25, 0.3) is 0 Å². The minimum atomic E-state index is 0.0368. The van der Waals surface area contributed by atoms with E-state index in [4.69, 9.17) is 11.6 Å². The van der Waals surface area contributed by atoms with Crippen molar-refractivity contribution in [3.63, 3.8) is 0 Å². The Morgan fingerprint density at radius 1 is 1.52 bits per heavy atom. The van der Waals surface area contributed by atoms with E-state index in [1.54, 1.807) is 6.92 Å². The van der Waals surface area contributed by atoms with Crippen molar-refractivity contribution in [1.29, 1.82) is 0 Å². The van der Waals surface area contributed by atoms with Crippen LogP contribution in [0.4, 0.5) is 5.69 Å². The number of anilines is 1. The van der Waals surface area contributed by atoms with Gasteiger partial charge in [-0.2, -0.15) is 0 Å². The van der Waals surface area contributed by atoms with Crippen LogP contribution >= 0.6 is 11.6 Å². The van der Waals surface area contributed by atoms with Gasteiger partial charge in [-0.15, -0.1) is 0 Å². The fraction of sp³-hybridized carbons (Fsp3) is 0.562. The molecule has 1 aliphatic rings. The topological polar surface area (TPSA) is 44.4 Å². The van der Waals surface area contributed by atoms with Crippen LogP contribution in [0, 0.1) is 0 Å². The highest BCUT2D eigenvalue weighted by atomic mass is 35.5. The van der Waals surface area contributed by atoms with Gasteiger partial charge in [0.15, 0.2) is 0 Å². The van der Waals surface area contributed by atoms with Gasteiger partial charge in [0.2, 0.25) is 5.91 Å². The predicted molar refractivity (Wildman–Crippen MR) is 88.0 cm³/mol. The number of nitrogens with zero attached hydrogens (tertiary/aromatic N) is 1. The standard InChI is InChI=1S/C16H24ClN3O/c1-4-18-11(2)15-6-5-14(9-16(15)17)20-8-7-13(10-20)19-12(3)21/h5-6,9,11,13,18H,4,7-8,10H2,1-3H3,(H,19,21). The molecule has 1 aromatic rings. The molecule has 4 nitrogen and oxygen atoms in total. The lowest BCUT2D eigenvalue weighted by Crippen LogP contribution is -2.35. The summed E-state index contributed by atoms with van der Waals surface area (Å²) in [5, 5.41) is 7.15. The number of hydrogen-bond donors (Lipinski definition) is 2. The molecule has 2 N–H and O–H groups in total. The van der Waals surface area contributed by atoms with Gasteiger partial charge in [-0.25, -0.2) is 0 Å². The predicted octanol–water partition coefficient (Wildman–Crippen LogP) is 2.73. The van der Waals surface area contributed by atoms with E-state index in [-0.39, 0.29) is 18.0 Å². The number of halogens is 1. The lowest BCUT2D eigenvalue weighted by atomic mass is 10.1. The fourth-order valence-corrected chi connectivity index (χ4v) is 3.22. The highest BCUT2D eigenvalue weighted by Crippen LogP contribution is 2.29. The Kier molecular flexibility index (Phi) is 5.48. The maximum atomic E-state index is 11.1. The number of benzene rings is 1. The third-order valence-electron chi connectivity index (χ3n) is 3.92. The van der Waals surface area contributed by atoms with Crippen molar-refractivity contribution >= 4 is 23.2 Å². The number of carbonyl (C=O) groups excluding carboxylic acids is 1. The van der Waals surface area contributed by atoms with E-state index < -0.39 is 0 Å². The van der Waals surface area contributed by atoms with Crippen molar-refractivity contribution in [2.75, 3.05) is 24.5 Å². The first-order valence-electron chi connectivity index (χ1n) is 7.56. The van der Waals surface area contributed by atoms with Crippen LogP contribution in [0.3, 0.4) is 0 Å². The van der Waals surface area contributed by atoms with Crippen LogP contribution in [0.15, 0.2) is 18.2 Å². The highest BCUT2D eigenvalue weighted by Gasteiger charge is 2.23. The lowest BCUT2D eigenvalue weighted by molar-refractivity contribution is -0.119. The van der Waals surface area contributed by atoms with Crippen molar-refractivity contribution < 1.29 is 4.79 Å². The van der Waals surface area contributed by atoms with E-state index in [2.05, 4.69) is 41.5 Å². The Balaban J connectivity index is 2.05. The second-order valence-electron chi connectivity index (χ2n) is 5.62. The van der Waals surface area contributed by atoms with Crippen molar-refractivity contribution in [2.24, 2.45) is 0 Å². The van der Waals surface area contributed by atoms with Crippen LogP contribution < -0.4 is 15.5 Å². The zero-order valence-electron chi connectivity index (χ0n) is 12.9. The molecule has 1 fully saturated rings. The van der Waals surface area contributed by atoms with E-state index in [0.717, 1.165) is 42.3 Å². The second-order valence-corrected chi connectivity index (χ2v) is 6.02. The number of rotatable bonds is 5. The Bertz CT molecular complexity index is 506. The summed E-state index contributed by atoms with van der Waals surface area (Å²) in [4.78, 5) is 13.4. The SMILES string of the molecule is CCNC(C)c1ccc(N2CCC(NC(C)=O)C2)cc1Cl. The smallest absolute Gasteiger partial charge is 0.217 e. The van der Waals surface area contributed by atoms with Crippen LogP contribution in [-0.2, 0) is 4.79 Å². The summed E-state index contributed by atoms with van der Waals surface area (Å²) in [6, 6.07) is 6.73. The molecule has 0 radical (unpaired) electrons. The number of carbonyl (C=O) groups is 1. The van der Waals surface area contributed by atoms with E-state index in [9.17, 15) is 4.79 Å². The van der Waals surface area contributed by atoms with Crippen molar-refractivity contribution in [1.82, 2.24) is 10.6 Å². The first-order chi connectivity index (χ1) is 10.0. The number of nitrogens with one attached hydrogen (secondary N) is 2. The Morgan fingerprint density at radius 2 is 2.29 bits per heavy atom. The van der Waals surface area contributed by atoms with Crippen LogP contribution in [0.2, 0.25) is 5.02 Å². The van der Waals surface area contributed by atoms with Crippen molar-refractivity contribution in [3.8, 4) is 0 Å². The zero-order valence-corrected chi connectivity index (χ0v) is 13.7. The molecule has 1 heterocycles. The quantitative estimate of drug-likeness (QED) is 0.879. The van der Waals surface area contributed by atoms with Crippen molar-refractivity contribution in [2.45, 2.75) is 39.3 Å². The van der Waals surface area contributed by atoms with Gasteiger partial charge < -0.3 is 15.5 Å². The summed E-state index contributed by atoms with van der Waals surface area (Å²) in [7, 11) is 0. The summed E-state index contributed by atoms with van der Waals surface area (Å²) in [5.74, 6) is 0.0368. The minimum Gasteiger partial charge on any atom is -0.369 e. The van der Waals surface area contributed by atoms with Gasteiger partial charge in [-0.1, -0.05) is 24.6 Å². The molecule has 0 bridgehead atoms. The van der Waals surface area contributed by atoms with Gasteiger partial charge in [0.1, 0.15) is 0 Å². The van der Waals surface area contributed by atoms with Gasteiger partial charge in [-0.05, 0) is 37.6 Å². The van der Waals surface area contributed by atoms with Gasteiger partial charge in [0.25, 0.3) is 0 Å². The molecule has 2 rings (SSSR count). The molecule has 0 saturated carbocycles. The number of amides is 1. The largest absolute Gasteiger partial charge is 0.369 e. The van der Waals surface area contributed by atoms with E-state index >= 15 is 0 Å². The lowest BCUT2D eigenvalue weighted by Gasteiger charge is -2.21. The molecule has 5 heteroatoms. The molecule has 1 saturated heterocycles. The van der Waals surface area contributed by atoms with Crippen LogP contribution in [0.1, 0.15) is 38.8 Å². The van der Waals surface area contributed by atoms with E-state index in [1.807, 2.05) is 6.07 Å². The zero-order chi connectivity index (χ0) is 15.4. The molecule has 1 amide bonds. The molecular formula is C16H24ClN3O. The van der Waals surface area contributed by atoms with Gasteiger partial charge >= 0.3 is 0 Å². The van der Waals surface area contributed by atoms with E-state index in [0.29, 0.717) is 0 Å². The molecule has 116 valence electrons. The molecule has 0 aliphatic carbocycles. The van der Waals surface area contributed by atoms with E-state index in [1.165, 1.54) is 0 Å². The summed E-state index contributed by atoms with van der Waals surface area (Å²) < 4.78 is 0. The van der Waals surface area contributed by atoms with Gasteiger partial charge in [0.05, 0.1) is 0 Å². The monoisotopic (exact) mass is 309 g/mol. The normalized spacial score (nSPS) is 19.6. The van der Waals surface area contributed by atoms with Crippen molar-refractivity contribution in [3.05, 3.63) is 28.8 Å². The average molecular weight is 310 g/mol. The van der Waals surface area contributed by atoms with Gasteiger partial charge in [0, 0.05) is 42.8 Å². The number of hydrogen-bond acceptors (Lipinski definition) is 3. The Labute approximate surface area is 131 Å². The molecule has 2 unspecified atom stereocenters. The fourth-order valence-electron chi connectivity index (χ4n) is 2.88. The summed E-state index contributed by atoms with van der Waals surface area (Å²) in [6.07, 6.45) is 0.979. The molecule has 1 aliphatic heterocycles. The van der Waals surface area contributed by atoms with Crippen LogP contribution in [-0.4, -0.2) is 31.6 Å².